The van der Waals surface area contributed by atoms with Crippen LogP contribution in [0.2, 0.25) is 0 Å². The van der Waals surface area contributed by atoms with Crippen molar-refractivity contribution in [1.82, 2.24) is 0 Å². The van der Waals surface area contributed by atoms with Crippen LogP contribution in [0, 0.1) is 5.92 Å². The summed E-state index contributed by atoms with van der Waals surface area (Å²) in [6.45, 7) is 4.81. The molecule has 18 heavy (non-hydrogen) atoms. The molecule has 3 fully saturated rings. The number of rotatable bonds is 3. The smallest absolute Gasteiger partial charge is 0.196 e. The Hall–Kier alpha value is -0.940. The first-order valence-electron chi connectivity index (χ1n) is 6.29. The predicted octanol–water partition coefficient (Wildman–Crippen LogP) is 1.18. The van der Waals surface area contributed by atoms with E-state index in [4.69, 9.17) is 14.2 Å². The fourth-order valence-electron chi connectivity index (χ4n) is 3.12. The summed E-state index contributed by atoms with van der Waals surface area (Å²) in [6.07, 6.45) is 9.99. The third kappa shape index (κ3) is 1.68. The fraction of sp³-hybridized carbons (Fsp3) is 0.571. The van der Waals surface area contributed by atoms with E-state index in [0.717, 1.165) is 6.42 Å². The van der Waals surface area contributed by atoms with E-state index in [1.807, 2.05) is 24.3 Å². The Bertz CT molecular complexity index is 403. The van der Waals surface area contributed by atoms with Crippen LogP contribution in [-0.2, 0) is 14.2 Å². The van der Waals surface area contributed by atoms with Crippen molar-refractivity contribution in [3.63, 3.8) is 0 Å². The van der Waals surface area contributed by atoms with Crippen LogP contribution in [0.3, 0.4) is 0 Å². The lowest BCUT2D eigenvalue weighted by atomic mass is 9.80. The van der Waals surface area contributed by atoms with Gasteiger partial charge in [0.1, 0.15) is 5.60 Å². The molecule has 0 saturated carbocycles. The maximum atomic E-state index is 10.5. The minimum absolute atomic E-state index is 0.0271. The van der Waals surface area contributed by atoms with Gasteiger partial charge >= 0.3 is 0 Å². The summed E-state index contributed by atoms with van der Waals surface area (Å²) in [5.74, 6) is -0.966. The van der Waals surface area contributed by atoms with Crippen molar-refractivity contribution in [2.45, 2.75) is 23.9 Å². The van der Waals surface area contributed by atoms with Gasteiger partial charge in [-0.05, 0) is 12.5 Å². The monoisotopic (exact) mass is 250 g/mol. The zero-order valence-corrected chi connectivity index (χ0v) is 10.2. The third-order valence-electron chi connectivity index (χ3n) is 3.90. The summed E-state index contributed by atoms with van der Waals surface area (Å²) in [5, 5.41) is 10.5. The molecule has 4 nitrogen and oxygen atoms in total. The SMILES string of the molecule is C=C/C=C/C=C/[C@]12OCC[C@@H]3OC[C@](O)(CO1)[C@@H]32. The molecule has 4 heteroatoms. The van der Waals surface area contributed by atoms with Crippen molar-refractivity contribution in [1.29, 1.82) is 0 Å². The molecule has 98 valence electrons. The highest BCUT2D eigenvalue weighted by Gasteiger charge is 2.66. The minimum Gasteiger partial charge on any atom is -0.384 e. The van der Waals surface area contributed by atoms with Gasteiger partial charge in [0.05, 0.1) is 31.8 Å². The standard InChI is InChI=1S/C14H18O4/c1-2-3-4-5-7-14-12-11(6-8-17-14)16-9-13(12,15)10-18-14/h2-5,7,11-12,15H,1,6,8-10H2/b4-3+,7-5+/t11-,12+,13-,14-/m0/s1. The normalized spacial score (nSPS) is 46.9. The van der Waals surface area contributed by atoms with Gasteiger partial charge in [-0.1, -0.05) is 30.9 Å². The lowest BCUT2D eigenvalue weighted by Crippen LogP contribution is -2.51. The van der Waals surface area contributed by atoms with E-state index in [2.05, 4.69) is 6.58 Å². The molecule has 0 aliphatic carbocycles. The molecule has 3 saturated heterocycles. The zero-order chi connectivity index (χ0) is 12.6. The number of hydrogen-bond donors (Lipinski definition) is 1. The molecule has 3 aliphatic heterocycles. The van der Waals surface area contributed by atoms with Crippen LogP contribution in [0.1, 0.15) is 6.42 Å². The van der Waals surface area contributed by atoms with Crippen LogP contribution in [-0.4, -0.2) is 42.4 Å². The second kappa shape index (κ2) is 4.31. The lowest BCUT2D eigenvalue weighted by molar-refractivity contribution is -0.236. The van der Waals surface area contributed by atoms with Crippen LogP contribution in [0.15, 0.2) is 37.0 Å². The fourth-order valence-corrected chi connectivity index (χ4v) is 3.12. The van der Waals surface area contributed by atoms with Gasteiger partial charge < -0.3 is 19.3 Å². The van der Waals surface area contributed by atoms with Crippen molar-refractivity contribution >= 4 is 0 Å². The number of allylic oxidation sites excluding steroid dienone is 4. The van der Waals surface area contributed by atoms with Crippen LogP contribution in [0.25, 0.3) is 0 Å². The first-order valence-corrected chi connectivity index (χ1v) is 6.29. The molecule has 0 unspecified atom stereocenters. The van der Waals surface area contributed by atoms with Gasteiger partial charge in [0.15, 0.2) is 5.79 Å². The highest BCUT2D eigenvalue weighted by molar-refractivity contribution is 5.20. The molecular formula is C14H18O4. The number of hydrogen-bond acceptors (Lipinski definition) is 4. The van der Waals surface area contributed by atoms with Crippen LogP contribution < -0.4 is 0 Å². The van der Waals surface area contributed by atoms with E-state index in [1.165, 1.54) is 0 Å². The molecule has 0 aromatic carbocycles. The van der Waals surface area contributed by atoms with Crippen LogP contribution >= 0.6 is 0 Å². The Labute approximate surface area is 107 Å². The highest BCUT2D eigenvalue weighted by atomic mass is 16.7. The molecule has 3 aliphatic rings. The van der Waals surface area contributed by atoms with Crippen molar-refractivity contribution in [2.24, 2.45) is 5.92 Å². The number of aliphatic hydroxyl groups is 1. The second-order valence-corrected chi connectivity index (χ2v) is 5.06. The maximum Gasteiger partial charge on any atom is 0.196 e. The van der Waals surface area contributed by atoms with Crippen molar-refractivity contribution in [3.8, 4) is 0 Å². The Morgan fingerprint density at radius 3 is 2.89 bits per heavy atom. The molecule has 4 atom stereocenters. The molecule has 3 rings (SSSR count). The minimum atomic E-state index is -0.905. The van der Waals surface area contributed by atoms with E-state index < -0.39 is 11.4 Å². The summed E-state index contributed by atoms with van der Waals surface area (Å²) in [4.78, 5) is 0. The summed E-state index contributed by atoms with van der Waals surface area (Å²) in [7, 11) is 0. The van der Waals surface area contributed by atoms with Gasteiger partial charge in [-0.2, -0.15) is 0 Å². The Morgan fingerprint density at radius 1 is 1.17 bits per heavy atom. The van der Waals surface area contributed by atoms with Crippen molar-refractivity contribution < 1.29 is 19.3 Å². The van der Waals surface area contributed by atoms with Gasteiger partial charge in [-0.25, -0.2) is 0 Å². The Balaban J connectivity index is 1.88. The van der Waals surface area contributed by atoms with E-state index >= 15 is 0 Å². The molecule has 0 aromatic heterocycles. The van der Waals surface area contributed by atoms with Crippen molar-refractivity contribution in [2.75, 3.05) is 19.8 Å². The first kappa shape index (κ1) is 12.1. The molecule has 0 aromatic rings. The molecule has 0 radical (unpaired) electrons. The first-order chi connectivity index (χ1) is 8.70. The van der Waals surface area contributed by atoms with E-state index in [-0.39, 0.29) is 18.6 Å². The summed E-state index contributed by atoms with van der Waals surface area (Å²) in [5.41, 5.74) is -0.905. The van der Waals surface area contributed by atoms with Gasteiger partial charge in [-0.3, -0.25) is 0 Å². The quantitative estimate of drug-likeness (QED) is 0.764. The second-order valence-electron chi connectivity index (χ2n) is 5.06. The van der Waals surface area contributed by atoms with Crippen LogP contribution in [0.4, 0.5) is 0 Å². The lowest BCUT2D eigenvalue weighted by Gasteiger charge is -2.38. The van der Waals surface area contributed by atoms with E-state index in [1.54, 1.807) is 6.08 Å². The molecule has 3 heterocycles. The summed E-state index contributed by atoms with van der Waals surface area (Å²) < 4.78 is 17.2. The van der Waals surface area contributed by atoms with E-state index in [9.17, 15) is 5.11 Å². The average Bonchev–Trinajstić information content (AvgIpc) is 2.87. The molecule has 0 spiro atoms. The molecule has 0 bridgehead atoms. The average molecular weight is 250 g/mol. The topological polar surface area (TPSA) is 47.9 Å². The Morgan fingerprint density at radius 2 is 2.06 bits per heavy atom. The van der Waals surface area contributed by atoms with Gasteiger partial charge in [0.2, 0.25) is 0 Å². The number of ether oxygens (including phenoxy) is 3. The molecular weight excluding hydrogens is 232 g/mol. The molecule has 1 N–H and O–H groups in total. The van der Waals surface area contributed by atoms with Gasteiger partial charge in [0.25, 0.3) is 0 Å². The maximum absolute atomic E-state index is 10.5. The van der Waals surface area contributed by atoms with Gasteiger partial charge in [-0.15, -0.1) is 0 Å². The van der Waals surface area contributed by atoms with Crippen LogP contribution in [0.5, 0.6) is 0 Å². The largest absolute Gasteiger partial charge is 0.384 e. The summed E-state index contributed by atoms with van der Waals surface area (Å²) >= 11 is 0. The van der Waals surface area contributed by atoms with Gasteiger partial charge in [0, 0.05) is 0 Å². The highest BCUT2D eigenvalue weighted by Crippen LogP contribution is 2.51. The zero-order valence-electron chi connectivity index (χ0n) is 10.2. The van der Waals surface area contributed by atoms with E-state index in [0.29, 0.717) is 13.2 Å². The van der Waals surface area contributed by atoms with Crippen molar-refractivity contribution in [3.05, 3.63) is 37.0 Å². The third-order valence-corrected chi connectivity index (χ3v) is 3.90. The summed E-state index contributed by atoms with van der Waals surface area (Å²) in [6, 6.07) is 0. The Kier molecular flexibility index (Phi) is 2.90. The molecule has 0 amide bonds. The predicted molar refractivity (Wildman–Crippen MR) is 65.9 cm³/mol.